The Kier molecular flexibility index (Phi) is 5.00. The van der Waals surface area contributed by atoms with Crippen LogP contribution in [-0.4, -0.2) is 55.0 Å². The standard InChI is InChI=1S/C21H25N7OS/c1-14-10-17(30-25-14)11-19-23-18-4-7-28(16-12-22-26(2)13-16)20(18)21(24-19)27(3)15-5-8-29-9-6-15/h4,7,10,12-13,15H,5-6,8-9,11H2,1-3H3. The molecule has 8 nitrogen and oxygen atoms in total. The molecule has 0 spiro atoms. The molecule has 0 saturated carbocycles. The second kappa shape index (κ2) is 7.81. The predicted octanol–water partition coefficient (Wildman–Crippen LogP) is 3.12. The first-order chi connectivity index (χ1) is 14.6. The summed E-state index contributed by atoms with van der Waals surface area (Å²) in [5.41, 5.74) is 4.00. The first kappa shape index (κ1) is 19.2. The quantitative estimate of drug-likeness (QED) is 0.491. The summed E-state index contributed by atoms with van der Waals surface area (Å²) in [7, 11) is 4.06. The van der Waals surface area contributed by atoms with Gasteiger partial charge in [0.1, 0.15) is 11.3 Å². The van der Waals surface area contributed by atoms with Gasteiger partial charge in [-0.2, -0.15) is 9.47 Å². The van der Waals surface area contributed by atoms with E-state index in [9.17, 15) is 0 Å². The van der Waals surface area contributed by atoms with Crippen molar-refractivity contribution in [3.8, 4) is 5.69 Å². The summed E-state index contributed by atoms with van der Waals surface area (Å²) < 4.78 is 13.9. The van der Waals surface area contributed by atoms with Gasteiger partial charge in [0.25, 0.3) is 0 Å². The zero-order valence-electron chi connectivity index (χ0n) is 17.4. The fourth-order valence-electron chi connectivity index (χ4n) is 4.05. The Labute approximate surface area is 179 Å². The van der Waals surface area contributed by atoms with Crippen molar-refractivity contribution in [2.24, 2.45) is 7.05 Å². The third kappa shape index (κ3) is 3.59. The van der Waals surface area contributed by atoms with E-state index in [1.54, 1.807) is 0 Å². The number of anilines is 1. The second-order valence-electron chi connectivity index (χ2n) is 7.82. The van der Waals surface area contributed by atoms with Gasteiger partial charge in [-0.25, -0.2) is 9.97 Å². The fraction of sp³-hybridized carbons (Fsp3) is 0.429. The van der Waals surface area contributed by atoms with Gasteiger partial charge in [-0.3, -0.25) is 4.68 Å². The smallest absolute Gasteiger partial charge is 0.157 e. The molecule has 0 aliphatic carbocycles. The van der Waals surface area contributed by atoms with Crippen molar-refractivity contribution in [2.45, 2.75) is 32.2 Å². The number of fused-ring (bicyclic) bond motifs is 1. The van der Waals surface area contributed by atoms with Crippen LogP contribution < -0.4 is 4.90 Å². The Bertz CT molecular complexity index is 1170. The van der Waals surface area contributed by atoms with Gasteiger partial charge in [-0.1, -0.05) is 0 Å². The van der Waals surface area contributed by atoms with Crippen LogP contribution in [0.3, 0.4) is 0 Å². The molecule has 0 bridgehead atoms. The normalized spacial score (nSPS) is 15.2. The minimum Gasteiger partial charge on any atom is -0.381 e. The maximum absolute atomic E-state index is 5.58. The van der Waals surface area contributed by atoms with Gasteiger partial charge >= 0.3 is 0 Å². The lowest BCUT2D eigenvalue weighted by Gasteiger charge is -2.32. The molecule has 0 radical (unpaired) electrons. The summed E-state index contributed by atoms with van der Waals surface area (Å²) >= 11 is 1.52. The van der Waals surface area contributed by atoms with Gasteiger partial charge in [-0.05, 0) is 43.4 Å². The van der Waals surface area contributed by atoms with Crippen LogP contribution in [-0.2, 0) is 18.2 Å². The first-order valence-electron chi connectivity index (χ1n) is 10.2. The zero-order valence-corrected chi connectivity index (χ0v) is 18.3. The molecule has 1 fully saturated rings. The van der Waals surface area contributed by atoms with Crippen LogP contribution in [0.5, 0.6) is 0 Å². The third-order valence-corrected chi connectivity index (χ3v) is 6.49. The number of nitrogens with zero attached hydrogens (tertiary/aromatic N) is 7. The molecule has 4 aromatic heterocycles. The molecule has 0 atom stereocenters. The topological polar surface area (TPSA) is 73.9 Å². The van der Waals surface area contributed by atoms with Gasteiger partial charge in [0.05, 0.1) is 23.1 Å². The zero-order chi connectivity index (χ0) is 20.7. The van der Waals surface area contributed by atoms with E-state index in [-0.39, 0.29) is 0 Å². The second-order valence-corrected chi connectivity index (χ2v) is 8.71. The molecule has 5 heterocycles. The highest BCUT2D eigenvalue weighted by atomic mass is 32.1. The van der Waals surface area contributed by atoms with Gasteiger partial charge in [0.2, 0.25) is 0 Å². The van der Waals surface area contributed by atoms with Crippen LogP contribution in [0, 0.1) is 6.92 Å². The minimum atomic E-state index is 0.396. The highest BCUT2D eigenvalue weighted by Gasteiger charge is 2.24. The average molecular weight is 424 g/mol. The molecule has 0 aromatic carbocycles. The number of rotatable bonds is 5. The van der Waals surface area contributed by atoms with Gasteiger partial charge in [0, 0.05) is 57.0 Å². The monoisotopic (exact) mass is 423 g/mol. The molecule has 0 N–H and O–H groups in total. The van der Waals surface area contributed by atoms with Gasteiger partial charge in [-0.15, -0.1) is 0 Å². The number of ether oxygens (including phenoxy) is 1. The summed E-state index contributed by atoms with van der Waals surface area (Å²) in [5, 5.41) is 4.34. The number of hydrogen-bond donors (Lipinski definition) is 0. The van der Waals surface area contributed by atoms with Crippen molar-refractivity contribution in [2.75, 3.05) is 25.2 Å². The maximum atomic E-state index is 5.58. The molecular weight excluding hydrogens is 398 g/mol. The number of aryl methyl sites for hydroxylation is 2. The van der Waals surface area contributed by atoms with Crippen molar-refractivity contribution in [3.05, 3.63) is 47.1 Å². The highest BCUT2D eigenvalue weighted by molar-refractivity contribution is 7.05. The van der Waals surface area contributed by atoms with Crippen LogP contribution in [0.2, 0.25) is 0 Å². The van der Waals surface area contributed by atoms with E-state index in [0.29, 0.717) is 12.5 Å². The van der Waals surface area contributed by atoms with E-state index in [1.165, 1.54) is 16.4 Å². The molecule has 0 unspecified atom stereocenters. The van der Waals surface area contributed by atoms with Crippen molar-refractivity contribution >= 4 is 28.4 Å². The highest BCUT2D eigenvalue weighted by Crippen LogP contribution is 2.30. The Morgan fingerprint density at radius 2 is 2.10 bits per heavy atom. The molecule has 1 saturated heterocycles. The van der Waals surface area contributed by atoms with Crippen LogP contribution in [0.4, 0.5) is 5.82 Å². The molecule has 5 rings (SSSR count). The van der Waals surface area contributed by atoms with Crippen LogP contribution >= 0.6 is 11.5 Å². The Hall–Kier alpha value is -2.78. The van der Waals surface area contributed by atoms with E-state index in [4.69, 9.17) is 14.7 Å². The molecule has 4 aromatic rings. The van der Waals surface area contributed by atoms with Crippen molar-refractivity contribution in [1.29, 1.82) is 0 Å². The van der Waals surface area contributed by atoms with Crippen molar-refractivity contribution in [3.63, 3.8) is 0 Å². The first-order valence-corrected chi connectivity index (χ1v) is 11.0. The maximum Gasteiger partial charge on any atom is 0.157 e. The lowest BCUT2D eigenvalue weighted by molar-refractivity contribution is 0.0854. The summed E-state index contributed by atoms with van der Waals surface area (Å²) in [6.07, 6.45) is 8.61. The minimum absolute atomic E-state index is 0.396. The largest absolute Gasteiger partial charge is 0.381 e. The van der Waals surface area contributed by atoms with E-state index in [1.807, 2.05) is 31.0 Å². The van der Waals surface area contributed by atoms with Crippen LogP contribution in [0.15, 0.2) is 30.7 Å². The predicted molar refractivity (Wildman–Crippen MR) is 118 cm³/mol. The summed E-state index contributed by atoms with van der Waals surface area (Å²) in [6.45, 7) is 3.60. The van der Waals surface area contributed by atoms with Gasteiger partial charge in [0.15, 0.2) is 5.82 Å². The molecule has 0 amide bonds. The van der Waals surface area contributed by atoms with E-state index < -0.39 is 0 Å². The Balaban J connectivity index is 1.62. The lowest BCUT2D eigenvalue weighted by atomic mass is 10.1. The molecular formula is C21H25N7OS. The molecule has 1 aliphatic heterocycles. The van der Waals surface area contributed by atoms with E-state index in [2.05, 4.69) is 44.3 Å². The average Bonchev–Trinajstić information content (AvgIpc) is 3.47. The van der Waals surface area contributed by atoms with Crippen molar-refractivity contribution < 1.29 is 4.74 Å². The molecule has 156 valence electrons. The lowest BCUT2D eigenvalue weighted by Crippen LogP contribution is -2.37. The third-order valence-electron chi connectivity index (χ3n) is 5.61. The summed E-state index contributed by atoms with van der Waals surface area (Å²) in [4.78, 5) is 13.4. The van der Waals surface area contributed by atoms with Crippen LogP contribution in [0.1, 0.15) is 29.2 Å². The van der Waals surface area contributed by atoms with E-state index >= 15 is 0 Å². The molecule has 1 aliphatic rings. The Morgan fingerprint density at radius 3 is 2.80 bits per heavy atom. The Morgan fingerprint density at radius 1 is 1.27 bits per heavy atom. The van der Waals surface area contributed by atoms with Crippen LogP contribution in [0.25, 0.3) is 16.7 Å². The molecule has 9 heteroatoms. The van der Waals surface area contributed by atoms with Crippen molar-refractivity contribution in [1.82, 2.24) is 28.7 Å². The fourth-order valence-corrected chi connectivity index (χ4v) is 4.78. The SMILES string of the molecule is Cc1cc(Cc2nc(N(C)C3CCOCC3)c3c(ccn3-c3cnn(C)c3)n2)sn1. The summed E-state index contributed by atoms with van der Waals surface area (Å²) in [6, 6.07) is 4.57. The summed E-state index contributed by atoms with van der Waals surface area (Å²) in [5.74, 6) is 1.78. The van der Waals surface area contributed by atoms with E-state index in [0.717, 1.165) is 60.1 Å². The molecule has 30 heavy (non-hydrogen) atoms. The number of hydrogen-bond acceptors (Lipinski definition) is 7. The van der Waals surface area contributed by atoms with Gasteiger partial charge < -0.3 is 14.2 Å². The number of aromatic nitrogens is 6.